The summed E-state index contributed by atoms with van der Waals surface area (Å²) in [6.45, 7) is 6.06. The molecule has 0 spiro atoms. The fourth-order valence-electron chi connectivity index (χ4n) is 4.03. The van der Waals surface area contributed by atoms with Gasteiger partial charge in [0.25, 0.3) is 11.7 Å². The maximum atomic E-state index is 13.1. The minimum Gasteiger partial charge on any atom is -0.507 e. The average molecular weight is 444 g/mol. The third-order valence-electron chi connectivity index (χ3n) is 5.46. The quantitative estimate of drug-likeness (QED) is 0.377. The molecule has 31 heavy (non-hydrogen) atoms. The highest BCUT2D eigenvalue weighted by atomic mass is 35.5. The van der Waals surface area contributed by atoms with Gasteiger partial charge in [-0.25, -0.2) is 0 Å². The number of ketones is 1. The van der Waals surface area contributed by atoms with Crippen LogP contribution in [-0.2, 0) is 9.59 Å². The lowest BCUT2D eigenvalue weighted by atomic mass is 9.93. The van der Waals surface area contributed by atoms with Gasteiger partial charge in [0.1, 0.15) is 17.3 Å². The summed E-state index contributed by atoms with van der Waals surface area (Å²) in [7, 11) is 1.49. The number of likely N-dealkylation sites (tertiary alicyclic amines) is 1. The number of phenols is 1. The molecule has 0 aliphatic carbocycles. The second-order valence-electron chi connectivity index (χ2n) is 7.72. The number of hydrogen-bond donors (Lipinski definition) is 2. The molecule has 1 amide bonds. The van der Waals surface area contributed by atoms with Crippen molar-refractivity contribution in [3.63, 3.8) is 0 Å². The van der Waals surface area contributed by atoms with Crippen LogP contribution in [-0.4, -0.2) is 40.5 Å². The van der Waals surface area contributed by atoms with Gasteiger partial charge in [0.05, 0.1) is 29.3 Å². The maximum Gasteiger partial charge on any atom is 0.295 e. The second-order valence-corrected chi connectivity index (χ2v) is 8.13. The summed E-state index contributed by atoms with van der Waals surface area (Å²) in [6.07, 6.45) is 1.53. The van der Waals surface area contributed by atoms with Gasteiger partial charge in [-0.1, -0.05) is 37.1 Å². The van der Waals surface area contributed by atoms with Gasteiger partial charge in [-0.15, -0.1) is 0 Å². The van der Waals surface area contributed by atoms with Gasteiger partial charge in [-0.3, -0.25) is 9.59 Å². The van der Waals surface area contributed by atoms with Crippen LogP contribution in [0.4, 0.5) is 0 Å². The first-order chi connectivity index (χ1) is 14.7. The van der Waals surface area contributed by atoms with E-state index in [0.717, 1.165) is 17.5 Å². The van der Waals surface area contributed by atoms with Gasteiger partial charge in [0.15, 0.2) is 0 Å². The third-order valence-corrected chi connectivity index (χ3v) is 5.76. The van der Waals surface area contributed by atoms with Crippen molar-refractivity contribution >= 4 is 29.1 Å². The molecule has 164 valence electrons. The van der Waals surface area contributed by atoms with Crippen molar-refractivity contribution < 1.29 is 24.5 Å². The Balaban J connectivity index is 2.28. The highest BCUT2D eigenvalue weighted by Crippen LogP contribution is 2.43. The summed E-state index contributed by atoms with van der Waals surface area (Å²) in [5, 5.41) is 21.2. The minimum atomic E-state index is -0.824. The number of unbranched alkanes of at least 4 members (excludes halogenated alkanes) is 1. The molecule has 3 rings (SSSR count). The number of aryl methyl sites for hydroxylation is 2. The Bertz CT molecular complexity index is 1080. The number of methoxy groups -OCH3 is 1. The van der Waals surface area contributed by atoms with Gasteiger partial charge in [-0.2, -0.15) is 0 Å². The standard InChI is InChI=1S/C24H26ClNO5/c1-5-6-9-26-20(15-7-8-18(27)17(25)12-15)19(22(29)24(26)30)21(28)16-11-13(2)10-14(3)23(16)31-4/h7-8,10-12,20,27-28H,5-6,9H2,1-4H3/b21-19+. The number of aromatic hydroxyl groups is 1. The predicted molar refractivity (Wildman–Crippen MR) is 120 cm³/mol. The van der Waals surface area contributed by atoms with Crippen LogP contribution < -0.4 is 4.74 Å². The number of carbonyl (C=O) groups excluding carboxylic acids is 2. The number of phenolic OH excluding ortho intramolecular Hbond substituents is 1. The van der Waals surface area contributed by atoms with Crippen LogP contribution in [0.5, 0.6) is 11.5 Å². The van der Waals surface area contributed by atoms with E-state index in [2.05, 4.69) is 0 Å². The first kappa shape index (κ1) is 22.7. The number of nitrogens with zero attached hydrogens (tertiary/aromatic N) is 1. The van der Waals surface area contributed by atoms with Crippen LogP contribution in [0, 0.1) is 13.8 Å². The largest absolute Gasteiger partial charge is 0.507 e. The highest BCUT2D eigenvalue weighted by molar-refractivity contribution is 6.46. The number of Topliss-reactive ketones (excluding diaryl/α,β-unsaturated/α-hetero) is 1. The van der Waals surface area contributed by atoms with Crippen molar-refractivity contribution in [2.45, 2.75) is 39.7 Å². The zero-order valence-electron chi connectivity index (χ0n) is 18.0. The molecule has 1 atom stereocenters. The Hall–Kier alpha value is -2.99. The van der Waals surface area contributed by atoms with Crippen molar-refractivity contribution in [1.82, 2.24) is 4.90 Å². The molecule has 0 aromatic heterocycles. The SMILES string of the molecule is CCCCN1C(=O)C(=O)/C(=C(/O)c2cc(C)cc(C)c2OC)C1c1ccc(O)c(Cl)c1. The third kappa shape index (κ3) is 4.12. The van der Waals surface area contributed by atoms with Crippen LogP contribution in [0.1, 0.15) is 48.1 Å². The Labute approximate surface area is 186 Å². The summed E-state index contributed by atoms with van der Waals surface area (Å²) in [6, 6.07) is 7.33. The molecule has 2 aromatic carbocycles. The van der Waals surface area contributed by atoms with E-state index in [-0.39, 0.29) is 22.1 Å². The lowest BCUT2D eigenvalue weighted by molar-refractivity contribution is -0.139. The van der Waals surface area contributed by atoms with E-state index in [9.17, 15) is 19.8 Å². The zero-order chi connectivity index (χ0) is 22.9. The minimum absolute atomic E-state index is 0.0221. The number of carbonyl (C=O) groups is 2. The molecular formula is C24H26ClNO5. The Kier molecular flexibility index (Phi) is 6.60. The topological polar surface area (TPSA) is 87.1 Å². The van der Waals surface area contributed by atoms with E-state index in [0.29, 0.717) is 29.8 Å². The van der Waals surface area contributed by atoms with Gasteiger partial charge in [0, 0.05) is 6.54 Å². The Morgan fingerprint density at radius 2 is 1.90 bits per heavy atom. The molecule has 1 fully saturated rings. The van der Waals surface area contributed by atoms with Crippen molar-refractivity contribution in [3.05, 3.63) is 63.2 Å². The van der Waals surface area contributed by atoms with Crippen LogP contribution in [0.3, 0.4) is 0 Å². The van der Waals surface area contributed by atoms with E-state index >= 15 is 0 Å². The van der Waals surface area contributed by atoms with Gasteiger partial charge < -0.3 is 19.8 Å². The number of rotatable bonds is 6. The van der Waals surface area contributed by atoms with E-state index in [4.69, 9.17) is 16.3 Å². The first-order valence-electron chi connectivity index (χ1n) is 10.1. The van der Waals surface area contributed by atoms with Crippen LogP contribution in [0.2, 0.25) is 5.02 Å². The van der Waals surface area contributed by atoms with E-state index < -0.39 is 17.7 Å². The van der Waals surface area contributed by atoms with E-state index in [1.165, 1.54) is 24.1 Å². The summed E-state index contributed by atoms with van der Waals surface area (Å²) in [5.41, 5.74) is 2.54. The number of ether oxygens (including phenoxy) is 1. The molecule has 1 saturated heterocycles. The first-order valence-corrected chi connectivity index (χ1v) is 10.5. The molecular weight excluding hydrogens is 418 g/mol. The maximum absolute atomic E-state index is 13.1. The summed E-state index contributed by atoms with van der Waals surface area (Å²) >= 11 is 6.11. The summed E-state index contributed by atoms with van der Waals surface area (Å²) in [4.78, 5) is 27.4. The molecule has 0 saturated carbocycles. The number of aliphatic hydroxyl groups excluding tert-OH is 1. The monoisotopic (exact) mass is 443 g/mol. The number of amides is 1. The number of aliphatic hydroxyl groups is 1. The lowest BCUT2D eigenvalue weighted by Gasteiger charge is -2.25. The number of halogens is 1. The molecule has 7 heteroatoms. The molecule has 1 heterocycles. The predicted octanol–water partition coefficient (Wildman–Crippen LogP) is 4.89. The van der Waals surface area contributed by atoms with Gasteiger partial charge in [0.2, 0.25) is 0 Å². The number of hydrogen-bond acceptors (Lipinski definition) is 5. The normalized spacial score (nSPS) is 18.0. The van der Waals surface area contributed by atoms with Crippen LogP contribution in [0.25, 0.3) is 5.76 Å². The molecule has 0 radical (unpaired) electrons. The fourth-order valence-corrected chi connectivity index (χ4v) is 4.21. The molecule has 1 aliphatic rings. The average Bonchev–Trinajstić information content (AvgIpc) is 2.97. The number of benzene rings is 2. The van der Waals surface area contributed by atoms with Crippen molar-refractivity contribution in [3.8, 4) is 11.5 Å². The van der Waals surface area contributed by atoms with Crippen molar-refractivity contribution in [2.24, 2.45) is 0 Å². The molecule has 2 N–H and O–H groups in total. The summed E-state index contributed by atoms with van der Waals surface area (Å²) < 4.78 is 5.48. The molecule has 2 aromatic rings. The Morgan fingerprint density at radius 1 is 1.19 bits per heavy atom. The smallest absolute Gasteiger partial charge is 0.295 e. The molecule has 0 bridgehead atoms. The fraction of sp³-hybridized carbons (Fsp3) is 0.333. The van der Waals surface area contributed by atoms with Crippen LogP contribution in [0.15, 0.2) is 35.9 Å². The van der Waals surface area contributed by atoms with Crippen molar-refractivity contribution in [1.29, 1.82) is 0 Å². The molecule has 1 unspecified atom stereocenters. The van der Waals surface area contributed by atoms with Gasteiger partial charge >= 0.3 is 0 Å². The second kappa shape index (κ2) is 9.02. The molecule has 1 aliphatic heterocycles. The van der Waals surface area contributed by atoms with E-state index in [1.54, 1.807) is 12.1 Å². The van der Waals surface area contributed by atoms with Gasteiger partial charge in [-0.05, 0) is 55.2 Å². The highest BCUT2D eigenvalue weighted by Gasteiger charge is 2.46. The van der Waals surface area contributed by atoms with E-state index in [1.807, 2.05) is 26.8 Å². The summed E-state index contributed by atoms with van der Waals surface area (Å²) in [5.74, 6) is -1.40. The Morgan fingerprint density at radius 3 is 2.52 bits per heavy atom. The van der Waals surface area contributed by atoms with Crippen LogP contribution >= 0.6 is 11.6 Å². The molecule has 6 nitrogen and oxygen atoms in total. The van der Waals surface area contributed by atoms with Crippen molar-refractivity contribution in [2.75, 3.05) is 13.7 Å². The zero-order valence-corrected chi connectivity index (χ0v) is 18.8. The lowest BCUT2D eigenvalue weighted by Crippen LogP contribution is -2.30.